The Morgan fingerprint density at radius 2 is 1.74 bits per heavy atom. The molecule has 8 nitrogen and oxygen atoms in total. The molecular weight excluding hydrogens is 298 g/mol. The van der Waals surface area contributed by atoms with Crippen molar-refractivity contribution in [2.45, 2.75) is 69.6 Å². The molecule has 0 unspecified atom stereocenters. The number of rotatable bonds is 5. The fourth-order valence-corrected chi connectivity index (χ4v) is 3.35. The summed E-state index contributed by atoms with van der Waals surface area (Å²) < 4.78 is 0. The van der Waals surface area contributed by atoms with Crippen LogP contribution in [-0.4, -0.2) is 38.2 Å². The third-order valence-corrected chi connectivity index (χ3v) is 4.69. The van der Waals surface area contributed by atoms with E-state index in [-0.39, 0.29) is 23.9 Å². The summed E-state index contributed by atoms with van der Waals surface area (Å²) in [5.41, 5.74) is -0.0819. The van der Waals surface area contributed by atoms with Gasteiger partial charge < -0.3 is 15.7 Å². The maximum absolute atomic E-state index is 11.2. The predicted molar refractivity (Wildman–Crippen MR) is 86.5 cm³/mol. The highest BCUT2D eigenvalue weighted by Crippen LogP contribution is 2.28. The Morgan fingerprint density at radius 3 is 2.39 bits per heavy atom. The minimum Gasteiger partial charge on any atom is -0.393 e. The summed E-state index contributed by atoms with van der Waals surface area (Å²) in [7, 11) is 0. The molecule has 3 N–H and O–H groups in total. The molecule has 1 heterocycles. The lowest BCUT2D eigenvalue weighted by Crippen LogP contribution is -2.29. The second-order valence-corrected chi connectivity index (χ2v) is 6.46. The van der Waals surface area contributed by atoms with Gasteiger partial charge in [0, 0.05) is 12.1 Å². The van der Waals surface area contributed by atoms with Crippen molar-refractivity contribution in [1.82, 2.24) is 9.97 Å². The number of hydrogen-bond acceptors (Lipinski definition) is 7. The zero-order chi connectivity index (χ0) is 16.2. The van der Waals surface area contributed by atoms with Gasteiger partial charge in [0.25, 0.3) is 0 Å². The van der Waals surface area contributed by atoms with Crippen molar-refractivity contribution in [1.29, 1.82) is 0 Å². The topological polar surface area (TPSA) is 113 Å². The van der Waals surface area contributed by atoms with Crippen LogP contribution in [-0.2, 0) is 0 Å². The summed E-state index contributed by atoms with van der Waals surface area (Å²) >= 11 is 0. The first-order valence-electron chi connectivity index (χ1n) is 8.34. The van der Waals surface area contributed by atoms with Crippen LogP contribution in [0.2, 0.25) is 0 Å². The minimum atomic E-state index is -0.446. The Bertz CT molecular complexity index is 554. The molecule has 0 radical (unpaired) electrons. The second kappa shape index (κ2) is 7.08. The van der Waals surface area contributed by atoms with Crippen molar-refractivity contribution >= 4 is 17.5 Å². The smallest absolute Gasteiger partial charge is 0.329 e. The maximum atomic E-state index is 11.2. The Kier molecular flexibility index (Phi) is 4.90. The molecule has 0 atom stereocenters. The number of hydrogen-bond donors (Lipinski definition) is 3. The fourth-order valence-electron chi connectivity index (χ4n) is 3.35. The van der Waals surface area contributed by atoms with E-state index >= 15 is 0 Å². The van der Waals surface area contributed by atoms with E-state index in [1.54, 1.807) is 0 Å². The van der Waals surface area contributed by atoms with E-state index in [4.69, 9.17) is 0 Å². The standard InChI is InChI=1S/C15H23N5O3/c21-12-7-5-11(6-8-12)18-15-16-9-13(20(22)23)14(19-15)17-10-3-1-2-4-10/h9-12,21H,1-8H2,(H2,16,17,18,19)/t11-,12-. The molecule has 0 amide bonds. The van der Waals surface area contributed by atoms with Gasteiger partial charge in [-0.15, -0.1) is 0 Å². The van der Waals surface area contributed by atoms with Gasteiger partial charge in [0.1, 0.15) is 6.20 Å². The number of nitrogens with one attached hydrogen (secondary N) is 2. The third-order valence-electron chi connectivity index (χ3n) is 4.69. The van der Waals surface area contributed by atoms with E-state index in [2.05, 4.69) is 20.6 Å². The first-order chi connectivity index (χ1) is 11.1. The molecule has 0 spiro atoms. The molecule has 23 heavy (non-hydrogen) atoms. The number of anilines is 2. The lowest BCUT2D eigenvalue weighted by Gasteiger charge is -2.26. The van der Waals surface area contributed by atoms with Crippen LogP contribution in [0, 0.1) is 10.1 Å². The van der Waals surface area contributed by atoms with Crippen LogP contribution >= 0.6 is 0 Å². The molecule has 0 saturated heterocycles. The normalized spacial score (nSPS) is 25.3. The number of nitrogens with zero attached hydrogens (tertiary/aromatic N) is 3. The molecule has 0 aromatic carbocycles. The summed E-state index contributed by atoms with van der Waals surface area (Å²) in [6.45, 7) is 0. The molecule has 2 fully saturated rings. The summed E-state index contributed by atoms with van der Waals surface area (Å²) in [5, 5.41) is 27.2. The molecule has 0 bridgehead atoms. The van der Waals surface area contributed by atoms with E-state index in [9.17, 15) is 15.2 Å². The van der Waals surface area contributed by atoms with Crippen molar-refractivity contribution in [2.75, 3.05) is 10.6 Å². The highest BCUT2D eigenvalue weighted by Gasteiger charge is 2.24. The number of nitro groups is 1. The van der Waals surface area contributed by atoms with Gasteiger partial charge >= 0.3 is 5.69 Å². The van der Waals surface area contributed by atoms with Gasteiger partial charge in [-0.2, -0.15) is 4.98 Å². The molecule has 1 aromatic heterocycles. The summed E-state index contributed by atoms with van der Waals surface area (Å²) in [5.74, 6) is 0.715. The molecule has 2 aliphatic rings. The van der Waals surface area contributed by atoms with Crippen molar-refractivity contribution in [3.8, 4) is 0 Å². The lowest BCUT2D eigenvalue weighted by atomic mass is 9.93. The molecule has 0 aliphatic heterocycles. The van der Waals surface area contributed by atoms with Crippen LogP contribution in [0.1, 0.15) is 51.4 Å². The van der Waals surface area contributed by atoms with Gasteiger partial charge in [-0.1, -0.05) is 12.8 Å². The van der Waals surface area contributed by atoms with E-state index in [0.29, 0.717) is 11.8 Å². The minimum absolute atomic E-state index is 0.0819. The fraction of sp³-hybridized carbons (Fsp3) is 0.733. The molecule has 126 valence electrons. The average Bonchev–Trinajstić information content (AvgIpc) is 3.02. The van der Waals surface area contributed by atoms with Crippen molar-refractivity contribution in [2.24, 2.45) is 0 Å². The zero-order valence-corrected chi connectivity index (χ0v) is 13.1. The molecule has 2 aliphatic carbocycles. The van der Waals surface area contributed by atoms with Crippen molar-refractivity contribution < 1.29 is 10.0 Å². The molecule has 8 heteroatoms. The van der Waals surface area contributed by atoms with Gasteiger partial charge in [-0.05, 0) is 38.5 Å². The highest BCUT2D eigenvalue weighted by molar-refractivity contribution is 5.57. The lowest BCUT2D eigenvalue weighted by molar-refractivity contribution is -0.384. The zero-order valence-electron chi connectivity index (χ0n) is 13.1. The summed E-state index contributed by atoms with van der Waals surface area (Å²) in [6.07, 6.45) is 8.61. The van der Waals surface area contributed by atoms with Crippen molar-refractivity contribution in [3.05, 3.63) is 16.3 Å². The van der Waals surface area contributed by atoms with Crippen LogP contribution < -0.4 is 10.6 Å². The van der Waals surface area contributed by atoms with E-state index in [0.717, 1.165) is 51.4 Å². The molecule has 2 saturated carbocycles. The number of aromatic nitrogens is 2. The van der Waals surface area contributed by atoms with Crippen LogP contribution in [0.4, 0.5) is 17.5 Å². The highest BCUT2D eigenvalue weighted by atomic mass is 16.6. The van der Waals surface area contributed by atoms with Gasteiger partial charge in [0.15, 0.2) is 0 Å². The Morgan fingerprint density at radius 1 is 1.09 bits per heavy atom. The quantitative estimate of drug-likeness (QED) is 0.564. The average molecular weight is 321 g/mol. The van der Waals surface area contributed by atoms with Gasteiger partial charge in [-0.3, -0.25) is 10.1 Å². The largest absolute Gasteiger partial charge is 0.393 e. The van der Waals surface area contributed by atoms with Gasteiger partial charge in [0.05, 0.1) is 11.0 Å². The van der Waals surface area contributed by atoms with Gasteiger partial charge in [-0.25, -0.2) is 4.98 Å². The van der Waals surface area contributed by atoms with Crippen LogP contribution in [0.15, 0.2) is 6.20 Å². The van der Waals surface area contributed by atoms with E-state index in [1.165, 1.54) is 6.20 Å². The first kappa shape index (κ1) is 15.9. The summed E-state index contributed by atoms with van der Waals surface area (Å²) in [6, 6.07) is 0.459. The van der Waals surface area contributed by atoms with Crippen LogP contribution in [0.25, 0.3) is 0 Å². The third kappa shape index (κ3) is 4.07. The summed E-state index contributed by atoms with van der Waals surface area (Å²) in [4.78, 5) is 19.1. The second-order valence-electron chi connectivity index (χ2n) is 6.46. The number of aliphatic hydroxyl groups excluding tert-OH is 1. The Balaban J connectivity index is 1.71. The maximum Gasteiger partial charge on any atom is 0.329 e. The molecule has 3 rings (SSSR count). The molecule has 1 aromatic rings. The Labute approximate surface area is 134 Å². The molecular formula is C15H23N5O3. The Hall–Kier alpha value is -1.96. The van der Waals surface area contributed by atoms with E-state index in [1.807, 2.05) is 0 Å². The monoisotopic (exact) mass is 321 g/mol. The van der Waals surface area contributed by atoms with Crippen LogP contribution in [0.5, 0.6) is 0 Å². The van der Waals surface area contributed by atoms with Crippen molar-refractivity contribution in [3.63, 3.8) is 0 Å². The van der Waals surface area contributed by atoms with Gasteiger partial charge in [0.2, 0.25) is 11.8 Å². The predicted octanol–water partition coefficient (Wildman–Crippen LogP) is 2.45. The SMILES string of the molecule is O=[N+]([O-])c1cnc(N[C@H]2CC[C@H](O)CC2)nc1NC1CCCC1. The van der Waals surface area contributed by atoms with Crippen LogP contribution in [0.3, 0.4) is 0 Å². The first-order valence-corrected chi connectivity index (χ1v) is 8.34. The van der Waals surface area contributed by atoms with E-state index < -0.39 is 4.92 Å². The number of aliphatic hydroxyl groups is 1.